The monoisotopic (exact) mass is 352 g/mol. The number of amides is 1. The molecule has 0 aliphatic rings. The van der Waals surface area contributed by atoms with E-state index in [-0.39, 0.29) is 5.91 Å². The van der Waals surface area contributed by atoms with E-state index in [0.717, 1.165) is 11.1 Å². The van der Waals surface area contributed by atoms with E-state index in [4.69, 9.17) is 16.0 Å². The van der Waals surface area contributed by atoms with Gasteiger partial charge in [0.25, 0.3) is 0 Å². The lowest BCUT2D eigenvalue weighted by Crippen LogP contribution is -2.17. The van der Waals surface area contributed by atoms with Crippen LogP contribution in [0.2, 0.25) is 5.02 Å². The fourth-order valence-electron chi connectivity index (χ4n) is 2.32. The first-order valence-electron chi connectivity index (χ1n) is 7.92. The van der Waals surface area contributed by atoms with E-state index >= 15 is 0 Å². The summed E-state index contributed by atoms with van der Waals surface area (Å²) in [5.41, 5.74) is 4.56. The first-order valence-corrected chi connectivity index (χ1v) is 8.30. The third-order valence-corrected chi connectivity index (χ3v) is 3.87. The highest BCUT2D eigenvalue weighted by Gasteiger charge is 2.04. The van der Waals surface area contributed by atoms with Crippen molar-refractivity contribution >= 4 is 23.7 Å². The molecule has 1 amide bonds. The van der Waals surface area contributed by atoms with Crippen molar-refractivity contribution in [2.45, 2.75) is 12.8 Å². The lowest BCUT2D eigenvalue weighted by Gasteiger charge is -2.00. The number of furan rings is 1. The highest BCUT2D eigenvalue weighted by atomic mass is 35.5. The number of benzene rings is 2. The Bertz CT molecular complexity index is 855. The van der Waals surface area contributed by atoms with E-state index in [0.29, 0.717) is 29.4 Å². The molecule has 0 saturated carbocycles. The molecule has 0 fully saturated rings. The van der Waals surface area contributed by atoms with Gasteiger partial charge in [-0.05, 0) is 48.4 Å². The molecule has 0 spiro atoms. The number of nitrogens with one attached hydrogen (secondary N) is 1. The zero-order valence-electron chi connectivity index (χ0n) is 13.5. The molecule has 0 unspecified atom stereocenters. The Hall–Kier alpha value is -2.85. The Morgan fingerprint density at radius 3 is 2.56 bits per heavy atom. The zero-order valence-corrected chi connectivity index (χ0v) is 14.2. The largest absolute Gasteiger partial charge is 0.455 e. The second-order valence-corrected chi connectivity index (χ2v) is 5.92. The Kier molecular flexibility index (Phi) is 5.65. The average Bonchev–Trinajstić information content (AvgIpc) is 3.10. The predicted molar refractivity (Wildman–Crippen MR) is 99.7 cm³/mol. The minimum Gasteiger partial charge on any atom is -0.455 e. The van der Waals surface area contributed by atoms with Crippen LogP contribution in [0.25, 0.3) is 11.3 Å². The molecule has 126 valence electrons. The van der Waals surface area contributed by atoms with Crippen molar-refractivity contribution in [3.8, 4) is 11.3 Å². The third-order valence-electron chi connectivity index (χ3n) is 3.62. The van der Waals surface area contributed by atoms with Crippen molar-refractivity contribution in [1.29, 1.82) is 0 Å². The van der Waals surface area contributed by atoms with E-state index in [1.807, 2.05) is 48.5 Å². The van der Waals surface area contributed by atoms with Crippen LogP contribution in [-0.4, -0.2) is 12.1 Å². The molecule has 1 N–H and O–H groups in total. The number of carbonyl (C=O) groups excluding carboxylic acids is 1. The van der Waals surface area contributed by atoms with E-state index in [2.05, 4.69) is 10.5 Å². The fraction of sp³-hybridized carbons (Fsp3) is 0.100. The first-order chi connectivity index (χ1) is 12.2. The highest BCUT2D eigenvalue weighted by Crippen LogP contribution is 2.23. The molecule has 25 heavy (non-hydrogen) atoms. The quantitative estimate of drug-likeness (QED) is 0.517. The number of halogens is 1. The van der Waals surface area contributed by atoms with Crippen molar-refractivity contribution in [2.75, 3.05) is 0 Å². The second-order valence-electron chi connectivity index (χ2n) is 5.49. The van der Waals surface area contributed by atoms with Gasteiger partial charge in [0.1, 0.15) is 11.5 Å². The number of hydrazone groups is 1. The molecular formula is C20H17ClN2O2. The van der Waals surface area contributed by atoms with Gasteiger partial charge in [-0.3, -0.25) is 4.79 Å². The van der Waals surface area contributed by atoms with Crippen molar-refractivity contribution in [3.63, 3.8) is 0 Å². The van der Waals surface area contributed by atoms with Gasteiger partial charge in [-0.25, -0.2) is 5.43 Å². The number of nitrogens with zero attached hydrogens (tertiary/aromatic N) is 1. The highest BCUT2D eigenvalue weighted by molar-refractivity contribution is 6.30. The maximum atomic E-state index is 11.8. The predicted octanol–water partition coefficient (Wildman–Crippen LogP) is 4.68. The van der Waals surface area contributed by atoms with Crippen LogP contribution in [0.5, 0.6) is 0 Å². The number of hydrogen-bond donors (Lipinski definition) is 1. The van der Waals surface area contributed by atoms with Gasteiger partial charge in [-0.1, -0.05) is 41.9 Å². The summed E-state index contributed by atoms with van der Waals surface area (Å²) >= 11 is 5.88. The molecule has 3 rings (SSSR count). The van der Waals surface area contributed by atoms with Crippen LogP contribution in [0.4, 0.5) is 0 Å². The van der Waals surface area contributed by atoms with Crippen LogP contribution in [0.15, 0.2) is 76.2 Å². The molecular weight excluding hydrogens is 336 g/mol. The Labute approximate surface area is 151 Å². The molecule has 1 aromatic heterocycles. The third kappa shape index (κ3) is 5.06. The van der Waals surface area contributed by atoms with Crippen molar-refractivity contribution in [1.82, 2.24) is 5.43 Å². The standard InChI is InChI=1S/C20H17ClN2O2/c21-17-9-7-16(8-10-17)19-12-11-18(25-19)14-22-23-20(24)13-6-15-4-2-1-3-5-15/h1-5,7-12,14H,6,13H2,(H,23,24)/b22-14-. The van der Waals surface area contributed by atoms with Gasteiger partial charge in [-0.2, -0.15) is 5.10 Å². The average molecular weight is 353 g/mol. The lowest BCUT2D eigenvalue weighted by molar-refractivity contribution is -0.121. The lowest BCUT2D eigenvalue weighted by atomic mass is 10.1. The maximum Gasteiger partial charge on any atom is 0.240 e. The molecule has 0 radical (unpaired) electrons. The van der Waals surface area contributed by atoms with Gasteiger partial charge in [0, 0.05) is 17.0 Å². The number of rotatable bonds is 6. The molecule has 2 aromatic carbocycles. The Morgan fingerprint density at radius 2 is 1.80 bits per heavy atom. The van der Waals surface area contributed by atoms with Crippen LogP contribution < -0.4 is 5.43 Å². The van der Waals surface area contributed by atoms with E-state index < -0.39 is 0 Å². The summed E-state index contributed by atoms with van der Waals surface area (Å²) in [6.07, 6.45) is 2.55. The molecule has 3 aromatic rings. The van der Waals surface area contributed by atoms with Crippen LogP contribution >= 0.6 is 11.6 Å². The molecule has 0 atom stereocenters. The first kappa shape index (κ1) is 17.0. The van der Waals surface area contributed by atoms with Gasteiger partial charge in [0.15, 0.2) is 0 Å². The zero-order chi connectivity index (χ0) is 17.5. The molecule has 4 nitrogen and oxygen atoms in total. The van der Waals surface area contributed by atoms with E-state index in [1.54, 1.807) is 18.2 Å². The van der Waals surface area contributed by atoms with E-state index in [9.17, 15) is 4.79 Å². The van der Waals surface area contributed by atoms with Gasteiger partial charge >= 0.3 is 0 Å². The summed E-state index contributed by atoms with van der Waals surface area (Å²) in [4.78, 5) is 11.8. The van der Waals surface area contributed by atoms with Crippen molar-refractivity contribution < 1.29 is 9.21 Å². The smallest absolute Gasteiger partial charge is 0.240 e. The number of aryl methyl sites for hydroxylation is 1. The summed E-state index contributed by atoms with van der Waals surface area (Å²) in [6, 6.07) is 20.9. The molecule has 0 aliphatic heterocycles. The summed E-state index contributed by atoms with van der Waals surface area (Å²) in [6.45, 7) is 0. The molecule has 0 saturated heterocycles. The molecule has 0 aliphatic carbocycles. The number of hydrogen-bond acceptors (Lipinski definition) is 3. The van der Waals surface area contributed by atoms with Crippen LogP contribution in [0, 0.1) is 0 Å². The number of carbonyl (C=O) groups is 1. The Morgan fingerprint density at radius 1 is 1.04 bits per heavy atom. The fourth-order valence-corrected chi connectivity index (χ4v) is 2.44. The summed E-state index contributed by atoms with van der Waals surface area (Å²) in [5, 5.41) is 4.61. The van der Waals surface area contributed by atoms with Crippen molar-refractivity contribution in [3.05, 3.63) is 83.1 Å². The molecule has 5 heteroatoms. The topological polar surface area (TPSA) is 54.6 Å². The summed E-state index contributed by atoms with van der Waals surface area (Å²) in [5.74, 6) is 1.14. The molecule has 1 heterocycles. The summed E-state index contributed by atoms with van der Waals surface area (Å²) < 4.78 is 5.68. The maximum absolute atomic E-state index is 11.8. The minimum absolute atomic E-state index is 0.135. The van der Waals surface area contributed by atoms with Crippen molar-refractivity contribution in [2.24, 2.45) is 5.10 Å². The van der Waals surface area contributed by atoms with Gasteiger partial charge in [-0.15, -0.1) is 0 Å². The van der Waals surface area contributed by atoms with Gasteiger partial charge < -0.3 is 4.42 Å². The SMILES string of the molecule is O=C(CCc1ccccc1)N/N=C\c1ccc(-c2ccc(Cl)cc2)o1. The Balaban J connectivity index is 1.50. The minimum atomic E-state index is -0.135. The van der Waals surface area contributed by atoms with Crippen LogP contribution in [0.3, 0.4) is 0 Å². The van der Waals surface area contributed by atoms with E-state index in [1.165, 1.54) is 6.21 Å². The van der Waals surface area contributed by atoms with Crippen LogP contribution in [-0.2, 0) is 11.2 Å². The van der Waals surface area contributed by atoms with Gasteiger partial charge in [0.2, 0.25) is 5.91 Å². The molecule has 0 bridgehead atoms. The van der Waals surface area contributed by atoms with Crippen LogP contribution in [0.1, 0.15) is 17.7 Å². The van der Waals surface area contributed by atoms with Gasteiger partial charge in [0.05, 0.1) is 6.21 Å². The second kappa shape index (κ2) is 8.31. The summed E-state index contributed by atoms with van der Waals surface area (Å²) in [7, 11) is 0. The normalized spacial score (nSPS) is 10.9.